The van der Waals surface area contributed by atoms with Gasteiger partial charge in [-0.1, -0.05) is 54.2 Å². The van der Waals surface area contributed by atoms with Crippen molar-refractivity contribution in [2.75, 3.05) is 10.6 Å². The Labute approximate surface area is 177 Å². The van der Waals surface area contributed by atoms with Crippen LogP contribution in [0.1, 0.15) is 0 Å². The number of nitro benzene ring substituents is 1. The molecule has 0 spiro atoms. The molecule has 0 aliphatic heterocycles. The van der Waals surface area contributed by atoms with E-state index >= 15 is 0 Å². The van der Waals surface area contributed by atoms with Gasteiger partial charge >= 0.3 is 0 Å². The second-order valence-corrected chi connectivity index (χ2v) is 7.07. The van der Waals surface area contributed by atoms with Crippen LogP contribution in [0.15, 0.2) is 100 Å². The number of carbonyl (C=O) groups is 1. The number of hydrogen-bond donors (Lipinski definition) is 2. The van der Waals surface area contributed by atoms with Crippen molar-refractivity contribution in [2.45, 2.75) is 9.79 Å². The highest BCUT2D eigenvalue weighted by Crippen LogP contribution is 2.33. The molecule has 2 N–H and O–H groups in total. The minimum absolute atomic E-state index is 0.156. The Hall–Kier alpha value is -4.09. The van der Waals surface area contributed by atoms with Crippen molar-refractivity contribution in [1.29, 1.82) is 5.26 Å². The maximum absolute atomic E-state index is 12.6. The summed E-state index contributed by atoms with van der Waals surface area (Å²) in [5, 5.41) is 25.9. The number of nitrogens with one attached hydrogen (secondary N) is 2. The number of benzene rings is 3. The van der Waals surface area contributed by atoms with Gasteiger partial charge in [-0.3, -0.25) is 14.9 Å². The van der Waals surface area contributed by atoms with E-state index in [0.717, 1.165) is 16.0 Å². The summed E-state index contributed by atoms with van der Waals surface area (Å²) in [5.74, 6) is -0.621. The van der Waals surface area contributed by atoms with Gasteiger partial charge in [0, 0.05) is 22.1 Å². The van der Waals surface area contributed by atoms with Gasteiger partial charge in [-0.15, -0.1) is 0 Å². The molecule has 0 aliphatic rings. The lowest BCUT2D eigenvalue weighted by Crippen LogP contribution is -2.15. The number of nitro groups is 1. The van der Waals surface area contributed by atoms with Crippen molar-refractivity contribution < 1.29 is 9.72 Å². The molecular formula is C22H16N4O3S. The second-order valence-electron chi connectivity index (χ2n) is 5.95. The van der Waals surface area contributed by atoms with E-state index in [-0.39, 0.29) is 16.9 Å². The normalized spacial score (nSPS) is 10.7. The van der Waals surface area contributed by atoms with Crippen molar-refractivity contribution >= 4 is 34.7 Å². The summed E-state index contributed by atoms with van der Waals surface area (Å²) >= 11 is 1.48. The predicted octanol–water partition coefficient (Wildman–Crippen LogP) is 5.20. The Morgan fingerprint density at radius 1 is 0.967 bits per heavy atom. The zero-order chi connectivity index (χ0) is 21.3. The zero-order valence-corrected chi connectivity index (χ0v) is 16.4. The van der Waals surface area contributed by atoms with Gasteiger partial charge < -0.3 is 10.6 Å². The van der Waals surface area contributed by atoms with E-state index in [1.54, 1.807) is 18.2 Å². The van der Waals surface area contributed by atoms with E-state index in [2.05, 4.69) is 10.6 Å². The fourth-order valence-electron chi connectivity index (χ4n) is 2.52. The van der Waals surface area contributed by atoms with Gasteiger partial charge in [-0.2, -0.15) is 5.26 Å². The molecule has 3 rings (SSSR count). The first-order valence-corrected chi connectivity index (χ1v) is 9.63. The van der Waals surface area contributed by atoms with Crippen LogP contribution in [0.4, 0.5) is 17.1 Å². The Morgan fingerprint density at radius 2 is 1.60 bits per heavy atom. The first-order chi connectivity index (χ1) is 14.6. The number of amides is 1. The number of nitrogens with zero attached hydrogens (tertiary/aromatic N) is 2. The van der Waals surface area contributed by atoms with E-state index < -0.39 is 10.8 Å². The van der Waals surface area contributed by atoms with E-state index in [1.807, 2.05) is 48.5 Å². The van der Waals surface area contributed by atoms with Crippen LogP contribution in [0.2, 0.25) is 0 Å². The second kappa shape index (κ2) is 9.91. The lowest BCUT2D eigenvalue weighted by molar-refractivity contribution is -0.383. The molecule has 30 heavy (non-hydrogen) atoms. The van der Waals surface area contributed by atoms with Crippen molar-refractivity contribution in [2.24, 2.45) is 0 Å². The molecule has 0 atom stereocenters. The molecule has 148 valence electrons. The van der Waals surface area contributed by atoms with Gasteiger partial charge in [0.15, 0.2) is 0 Å². The van der Waals surface area contributed by atoms with Crippen LogP contribution in [0.3, 0.4) is 0 Å². The maximum atomic E-state index is 12.6. The molecule has 0 saturated carbocycles. The van der Waals surface area contributed by atoms with Crippen molar-refractivity contribution in [1.82, 2.24) is 0 Å². The minimum atomic E-state index is -0.621. The van der Waals surface area contributed by atoms with E-state index in [0.29, 0.717) is 5.69 Å². The van der Waals surface area contributed by atoms with Crippen LogP contribution in [0.5, 0.6) is 0 Å². The molecule has 1 amide bonds. The number of carbonyl (C=O) groups excluding carboxylic acids is 1. The molecule has 0 aromatic heterocycles. The summed E-state index contributed by atoms with van der Waals surface area (Å²) < 4.78 is 0. The molecule has 0 radical (unpaired) electrons. The summed E-state index contributed by atoms with van der Waals surface area (Å²) in [4.78, 5) is 25.0. The lowest BCUT2D eigenvalue weighted by Gasteiger charge is -2.10. The molecule has 0 heterocycles. The molecule has 0 bridgehead atoms. The van der Waals surface area contributed by atoms with Crippen molar-refractivity contribution in [3.8, 4) is 6.07 Å². The summed E-state index contributed by atoms with van der Waals surface area (Å²) in [6.07, 6.45) is 1.16. The number of hydrogen-bond acceptors (Lipinski definition) is 6. The molecular weight excluding hydrogens is 400 g/mol. The van der Waals surface area contributed by atoms with Crippen LogP contribution < -0.4 is 10.6 Å². The zero-order valence-electron chi connectivity index (χ0n) is 15.6. The summed E-state index contributed by atoms with van der Waals surface area (Å²) in [7, 11) is 0. The maximum Gasteiger partial charge on any atom is 0.292 e. The molecule has 0 aliphatic carbocycles. The Balaban J connectivity index is 1.77. The highest BCUT2D eigenvalue weighted by atomic mass is 32.2. The van der Waals surface area contributed by atoms with Crippen LogP contribution in [-0.4, -0.2) is 10.8 Å². The first-order valence-electron chi connectivity index (χ1n) is 8.82. The lowest BCUT2D eigenvalue weighted by atomic mass is 10.2. The molecule has 3 aromatic carbocycles. The summed E-state index contributed by atoms with van der Waals surface area (Å²) in [5.41, 5.74) is 0.370. The third kappa shape index (κ3) is 5.25. The first kappa shape index (κ1) is 20.6. The Morgan fingerprint density at radius 3 is 2.30 bits per heavy atom. The molecule has 0 fully saturated rings. The number of nitriles is 1. The fraction of sp³-hybridized carbons (Fsp3) is 0. The average molecular weight is 416 g/mol. The highest BCUT2D eigenvalue weighted by molar-refractivity contribution is 7.99. The van der Waals surface area contributed by atoms with Gasteiger partial charge in [0.1, 0.15) is 17.3 Å². The number of rotatable bonds is 7. The average Bonchev–Trinajstić information content (AvgIpc) is 2.76. The SMILES string of the molecule is N#C/C(=C/Nc1ccccc1[N+](=O)[O-])C(=O)Nc1ccccc1Sc1ccccc1. The minimum Gasteiger partial charge on any atom is -0.355 e. The number of para-hydroxylation sites is 3. The summed E-state index contributed by atoms with van der Waals surface area (Å²) in [6.45, 7) is 0. The largest absolute Gasteiger partial charge is 0.355 e. The third-order valence-corrected chi connectivity index (χ3v) is 5.03. The quantitative estimate of drug-likeness (QED) is 0.237. The molecule has 0 saturated heterocycles. The molecule has 7 nitrogen and oxygen atoms in total. The predicted molar refractivity (Wildman–Crippen MR) is 116 cm³/mol. The van der Waals surface area contributed by atoms with Gasteiger partial charge in [0.05, 0.1) is 10.6 Å². The van der Waals surface area contributed by atoms with Gasteiger partial charge in [-0.05, 0) is 30.3 Å². The van der Waals surface area contributed by atoms with Gasteiger partial charge in [0.2, 0.25) is 0 Å². The topological polar surface area (TPSA) is 108 Å². The third-order valence-electron chi connectivity index (χ3n) is 3.94. The molecule has 0 unspecified atom stereocenters. The highest BCUT2D eigenvalue weighted by Gasteiger charge is 2.15. The van der Waals surface area contributed by atoms with Gasteiger partial charge in [0.25, 0.3) is 11.6 Å². The van der Waals surface area contributed by atoms with Crippen LogP contribution in [0, 0.1) is 21.4 Å². The summed E-state index contributed by atoms with van der Waals surface area (Å²) in [6, 6.07) is 24.7. The van der Waals surface area contributed by atoms with Gasteiger partial charge in [-0.25, -0.2) is 0 Å². The van der Waals surface area contributed by atoms with E-state index in [1.165, 1.54) is 30.0 Å². The fourth-order valence-corrected chi connectivity index (χ4v) is 3.44. The van der Waals surface area contributed by atoms with Crippen molar-refractivity contribution in [3.05, 3.63) is 101 Å². The van der Waals surface area contributed by atoms with Crippen LogP contribution in [0.25, 0.3) is 0 Å². The van der Waals surface area contributed by atoms with Crippen molar-refractivity contribution in [3.63, 3.8) is 0 Å². The Kier molecular flexibility index (Phi) is 6.82. The number of anilines is 2. The van der Waals surface area contributed by atoms with E-state index in [4.69, 9.17) is 0 Å². The molecule has 8 heteroatoms. The standard InChI is InChI=1S/C22H16N4O3S/c23-14-16(15-24-18-10-4-6-12-20(18)26(28)29)22(27)25-19-11-5-7-13-21(19)30-17-8-2-1-3-9-17/h1-13,15,24H,(H,25,27)/b16-15-. The molecule has 3 aromatic rings. The smallest absolute Gasteiger partial charge is 0.292 e. The van der Waals surface area contributed by atoms with Crippen LogP contribution in [-0.2, 0) is 4.79 Å². The van der Waals surface area contributed by atoms with Crippen LogP contribution >= 0.6 is 11.8 Å². The van der Waals surface area contributed by atoms with E-state index in [9.17, 15) is 20.2 Å². The monoisotopic (exact) mass is 416 g/mol. The Bertz CT molecular complexity index is 1140.